The molecule has 1 aliphatic rings. The molecule has 2 rings (SSSR count). The summed E-state index contributed by atoms with van der Waals surface area (Å²) < 4.78 is 0. The van der Waals surface area contributed by atoms with E-state index in [1.807, 2.05) is 6.07 Å². The van der Waals surface area contributed by atoms with E-state index in [0.717, 1.165) is 0 Å². The Morgan fingerprint density at radius 3 is 1.80 bits per heavy atom. The van der Waals surface area contributed by atoms with Gasteiger partial charge in [-0.15, -0.1) is 0 Å². The van der Waals surface area contributed by atoms with Crippen molar-refractivity contribution in [3.05, 3.63) is 18.5 Å². The third-order valence-electron chi connectivity index (χ3n) is 1.61. The van der Waals surface area contributed by atoms with Crippen molar-refractivity contribution in [1.82, 2.24) is 15.5 Å². The molecule has 0 amide bonds. The van der Waals surface area contributed by atoms with Crippen LogP contribution < -0.4 is 5.32 Å². The Kier molecular flexibility index (Phi) is 10.5. The van der Waals surface area contributed by atoms with E-state index in [4.69, 9.17) is 15.1 Å². The summed E-state index contributed by atoms with van der Waals surface area (Å²) in [6, 6.07) is 1.83. The second kappa shape index (κ2) is 11.2. The molecule has 86 valence electrons. The van der Waals surface area contributed by atoms with Crippen molar-refractivity contribution in [2.45, 2.75) is 19.3 Å². The second-order valence-corrected chi connectivity index (χ2v) is 2.92. The number of hydrogen-bond acceptors (Lipinski definition) is 5. The summed E-state index contributed by atoms with van der Waals surface area (Å²) in [5, 5.41) is 31.0. The van der Waals surface area contributed by atoms with Crippen molar-refractivity contribution < 1.29 is 15.1 Å². The van der Waals surface area contributed by atoms with Crippen LogP contribution in [0.25, 0.3) is 0 Å². The van der Waals surface area contributed by atoms with E-state index in [1.165, 1.54) is 32.4 Å². The lowest BCUT2D eigenvalue weighted by Gasteiger charge is -2.08. The smallest absolute Gasteiger partial charge is 0.402 e. The van der Waals surface area contributed by atoms with E-state index in [2.05, 4.69) is 15.5 Å². The third kappa shape index (κ3) is 15.8. The highest BCUT2D eigenvalue weighted by Crippen LogP contribution is 1.96. The first kappa shape index (κ1) is 14.1. The van der Waals surface area contributed by atoms with Gasteiger partial charge < -0.3 is 20.4 Å². The van der Waals surface area contributed by atoms with Crippen molar-refractivity contribution in [1.29, 1.82) is 0 Å². The minimum absolute atomic E-state index is 1.25. The quantitative estimate of drug-likeness (QED) is 0.362. The van der Waals surface area contributed by atoms with Crippen LogP contribution >= 0.6 is 0 Å². The molecule has 1 aliphatic heterocycles. The fourth-order valence-electron chi connectivity index (χ4n) is 1.02. The number of aromatic amines is 1. The van der Waals surface area contributed by atoms with Crippen LogP contribution in [0.15, 0.2) is 18.5 Å². The first-order valence-corrected chi connectivity index (χ1v) is 4.92. The molecular formula is C8H18BN3O3. The summed E-state index contributed by atoms with van der Waals surface area (Å²) in [6.45, 7) is 2.50. The minimum Gasteiger partial charge on any atom is -0.402 e. The van der Waals surface area contributed by atoms with Gasteiger partial charge in [0.2, 0.25) is 0 Å². The number of hydrogen-bond donors (Lipinski definition) is 5. The lowest BCUT2D eigenvalue weighted by molar-refractivity contribution is 0.278. The van der Waals surface area contributed by atoms with Crippen LogP contribution in [0.2, 0.25) is 0 Å². The van der Waals surface area contributed by atoms with Crippen molar-refractivity contribution in [2.75, 3.05) is 13.1 Å². The van der Waals surface area contributed by atoms with E-state index >= 15 is 0 Å². The van der Waals surface area contributed by atoms with Crippen LogP contribution in [0, 0.1) is 0 Å². The van der Waals surface area contributed by atoms with Gasteiger partial charge in [-0.05, 0) is 32.0 Å². The fraction of sp³-hybridized carbons (Fsp3) is 0.625. The molecule has 2 heterocycles. The number of piperidine rings is 1. The van der Waals surface area contributed by atoms with E-state index in [0.29, 0.717) is 0 Å². The van der Waals surface area contributed by atoms with Gasteiger partial charge in [0.15, 0.2) is 0 Å². The Morgan fingerprint density at radius 2 is 1.67 bits per heavy atom. The summed E-state index contributed by atoms with van der Waals surface area (Å²) >= 11 is 0. The van der Waals surface area contributed by atoms with Crippen LogP contribution in [-0.4, -0.2) is 45.7 Å². The summed E-state index contributed by atoms with van der Waals surface area (Å²) in [7, 11) is -2.17. The van der Waals surface area contributed by atoms with Gasteiger partial charge in [-0.1, -0.05) is 6.42 Å². The summed E-state index contributed by atoms with van der Waals surface area (Å²) in [6.07, 6.45) is 7.67. The number of aromatic nitrogens is 2. The molecule has 0 aliphatic carbocycles. The number of H-pyrrole nitrogens is 1. The maximum atomic E-state index is 7.17. The molecule has 0 aromatic carbocycles. The molecule has 0 bridgehead atoms. The minimum atomic E-state index is -2.17. The summed E-state index contributed by atoms with van der Waals surface area (Å²) in [5.74, 6) is 0. The molecule has 6 nitrogen and oxygen atoms in total. The average molecular weight is 215 g/mol. The van der Waals surface area contributed by atoms with Gasteiger partial charge in [-0.25, -0.2) is 0 Å². The SMILES string of the molecule is C1CCNCC1.OB(O)O.c1cn[nH]c1. The fourth-order valence-corrected chi connectivity index (χ4v) is 1.02. The standard InChI is InChI=1S/C5H11N.C3H4N2.BH3O3/c1-2-4-6-5-3-1;1-2-4-5-3-1;2-1(3)4/h6H,1-5H2;1-3H,(H,4,5);2-4H. The molecule has 0 unspecified atom stereocenters. The highest BCUT2D eigenvalue weighted by molar-refractivity contribution is 6.30. The van der Waals surface area contributed by atoms with Gasteiger partial charge >= 0.3 is 7.32 Å². The topological polar surface area (TPSA) is 101 Å². The zero-order chi connectivity index (χ0) is 11.4. The Morgan fingerprint density at radius 1 is 1.07 bits per heavy atom. The molecule has 1 saturated heterocycles. The van der Waals surface area contributed by atoms with E-state index in [1.54, 1.807) is 12.4 Å². The number of rotatable bonds is 0. The Labute approximate surface area is 89.5 Å². The third-order valence-corrected chi connectivity index (χ3v) is 1.61. The highest BCUT2D eigenvalue weighted by Gasteiger charge is 1.93. The van der Waals surface area contributed by atoms with Gasteiger partial charge in [-0.3, -0.25) is 5.10 Å². The van der Waals surface area contributed by atoms with Crippen LogP contribution in [0.3, 0.4) is 0 Å². The van der Waals surface area contributed by atoms with E-state index < -0.39 is 7.32 Å². The van der Waals surface area contributed by atoms with Crippen LogP contribution in [-0.2, 0) is 0 Å². The predicted molar refractivity (Wildman–Crippen MR) is 57.7 cm³/mol. The van der Waals surface area contributed by atoms with E-state index in [9.17, 15) is 0 Å². The maximum absolute atomic E-state index is 7.17. The van der Waals surface area contributed by atoms with Crippen LogP contribution in [0.5, 0.6) is 0 Å². The lowest BCUT2D eigenvalue weighted by Crippen LogP contribution is -2.21. The summed E-state index contributed by atoms with van der Waals surface area (Å²) in [5.41, 5.74) is 0. The largest absolute Gasteiger partial charge is 0.631 e. The number of nitrogens with zero attached hydrogens (tertiary/aromatic N) is 1. The molecule has 5 N–H and O–H groups in total. The first-order chi connectivity index (χ1) is 7.23. The number of nitrogens with one attached hydrogen (secondary N) is 2. The van der Waals surface area contributed by atoms with Gasteiger partial charge in [0.25, 0.3) is 0 Å². The monoisotopic (exact) mass is 215 g/mol. The Balaban J connectivity index is 0.000000202. The van der Waals surface area contributed by atoms with Gasteiger partial charge in [0.05, 0.1) is 0 Å². The van der Waals surface area contributed by atoms with Crippen LogP contribution in [0.4, 0.5) is 0 Å². The van der Waals surface area contributed by atoms with Crippen molar-refractivity contribution in [2.24, 2.45) is 0 Å². The molecule has 1 aromatic heterocycles. The molecule has 1 fully saturated rings. The zero-order valence-electron chi connectivity index (χ0n) is 8.63. The Bertz CT molecular complexity index is 162. The van der Waals surface area contributed by atoms with Crippen molar-refractivity contribution in [3.63, 3.8) is 0 Å². The van der Waals surface area contributed by atoms with Gasteiger partial charge in [0, 0.05) is 12.4 Å². The molecule has 0 spiro atoms. The van der Waals surface area contributed by atoms with Crippen LogP contribution in [0.1, 0.15) is 19.3 Å². The molecule has 0 saturated carbocycles. The second-order valence-electron chi connectivity index (χ2n) is 2.92. The highest BCUT2D eigenvalue weighted by atomic mass is 16.5. The molecule has 7 heteroatoms. The maximum Gasteiger partial charge on any atom is 0.631 e. The molecule has 0 atom stereocenters. The lowest BCUT2D eigenvalue weighted by atomic mass is 10.2. The normalized spacial score (nSPS) is 14.1. The molecule has 0 radical (unpaired) electrons. The van der Waals surface area contributed by atoms with Gasteiger partial charge in [0.1, 0.15) is 0 Å². The van der Waals surface area contributed by atoms with Gasteiger partial charge in [-0.2, -0.15) is 5.10 Å². The molecule has 15 heavy (non-hydrogen) atoms. The van der Waals surface area contributed by atoms with E-state index in [-0.39, 0.29) is 0 Å². The predicted octanol–water partition coefficient (Wildman–Crippen LogP) is -0.882. The first-order valence-electron chi connectivity index (χ1n) is 4.92. The van der Waals surface area contributed by atoms with Crippen molar-refractivity contribution in [3.8, 4) is 0 Å². The zero-order valence-corrected chi connectivity index (χ0v) is 8.63. The summed E-state index contributed by atoms with van der Waals surface area (Å²) in [4.78, 5) is 0. The molecular weight excluding hydrogens is 197 g/mol. The van der Waals surface area contributed by atoms with Crippen molar-refractivity contribution >= 4 is 7.32 Å². The Hall–Kier alpha value is -0.885. The average Bonchev–Trinajstić information content (AvgIpc) is 2.77. The molecule has 1 aromatic rings.